The zero-order chi connectivity index (χ0) is 12.6. The molecule has 1 unspecified atom stereocenters. The molecule has 0 saturated carbocycles. The molecule has 2 aromatic rings. The summed E-state index contributed by atoms with van der Waals surface area (Å²) >= 11 is 0. The first-order chi connectivity index (χ1) is 8.02. The molecule has 1 atom stereocenters. The van der Waals surface area contributed by atoms with Crippen molar-refractivity contribution in [1.29, 1.82) is 0 Å². The zero-order valence-electron chi connectivity index (χ0n) is 9.01. The minimum atomic E-state index is -1.01. The van der Waals surface area contributed by atoms with Gasteiger partial charge < -0.3 is 10.1 Å². The maximum Gasteiger partial charge on any atom is 0.310 e. The van der Waals surface area contributed by atoms with Gasteiger partial charge >= 0.3 is 5.97 Å². The number of aromatic nitrogens is 1. The van der Waals surface area contributed by atoms with E-state index in [4.69, 9.17) is 5.11 Å². The lowest BCUT2D eigenvalue weighted by molar-refractivity contribution is -0.383. The summed E-state index contributed by atoms with van der Waals surface area (Å²) in [4.78, 5) is 24.1. The molecule has 0 saturated heterocycles. The summed E-state index contributed by atoms with van der Waals surface area (Å²) in [5.74, 6) is -1.79. The van der Waals surface area contributed by atoms with Gasteiger partial charge in [0.25, 0.3) is 5.69 Å². The number of hydrogen-bond donors (Lipinski definition) is 2. The van der Waals surface area contributed by atoms with Crippen LogP contribution in [0, 0.1) is 10.1 Å². The Kier molecular flexibility index (Phi) is 2.55. The van der Waals surface area contributed by atoms with E-state index in [2.05, 4.69) is 4.98 Å². The summed E-state index contributed by atoms with van der Waals surface area (Å²) in [7, 11) is 0. The van der Waals surface area contributed by atoms with Crippen molar-refractivity contribution in [2.75, 3.05) is 0 Å². The van der Waals surface area contributed by atoms with E-state index < -0.39 is 16.8 Å². The molecule has 17 heavy (non-hydrogen) atoms. The largest absolute Gasteiger partial charge is 0.481 e. The quantitative estimate of drug-likeness (QED) is 0.628. The molecule has 2 N–H and O–H groups in total. The van der Waals surface area contributed by atoms with E-state index in [0.717, 1.165) is 0 Å². The average molecular weight is 234 g/mol. The van der Waals surface area contributed by atoms with Gasteiger partial charge in [-0.25, -0.2) is 0 Å². The number of fused-ring (bicyclic) bond motifs is 1. The number of aliphatic carboxylic acids is 1. The molecular weight excluding hydrogens is 224 g/mol. The highest BCUT2D eigenvalue weighted by atomic mass is 16.6. The van der Waals surface area contributed by atoms with Crippen LogP contribution in [0.4, 0.5) is 5.69 Å². The van der Waals surface area contributed by atoms with Gasteiger partial charge in [0.2, 0.25) is 0 Å². The van der Waals surface area contributed by atoms with Crippen LogP contribution in [0.5, 0.6) is 0 Å². The smallest absolute Gasteiger partial charge is 0.310 e. The highest BCUT2D eigenvalue weighted by molar-refractivity contribution is 5.95. The van der Waals surface area contributed by atoms with E-state index in [1.807, 2.05) is 0 Å². The average Bonchev–Trinajstić information content (AvgIpc) is 2.71. The van der Waals surface area contributed by atoms with E-state index in [0.29, 0.717) is 16.5 Å². The lowest BCUT2D eigenvalue weighted by Crippen LogP contribution is -2.07. The molecule has 2 rings (SSSR count). The first kappa shape index (κ1) is 11.1. The van der Waals surface area contributed by atoms with Crippen LogP contribution in [0.15, 0.2) is 24.4 Å². The lowest BCUT2D eigenvalue weighted by Gasteiger charge is -2.07. The van der Waals surface area contributed by atoms with E-state index in [9.17, 15) is 14.9 Å². The van der Waals surface area contributed by atoms with E-state index in [-0.39, 0.29) is 5.69 Å². The molecule has 0 aliphatic rings. The molecule has 0 radical (unpaired) electrons. The van der Waals surface area contributed by atoms with Gasteiger partial charge in [-0.2, -0.15) is 0 Å². The molecule has 1 aromatic heterocycles. The molecule has 1 heterocycles. The Morgan fingerprint density at radius 3 is 2.82 bits per heavy atom. The number of H-pyrrole nitrogens is 1. The monoisotopic (exact) mass is 234 g/mol. The van der Waals surface area contributed by atoms with Crippen LogP contribution in [-0.4, -0.2) is 21.0 Å². The fraction of sp³-hybridized carbons (Fsp3) is 0.182. The minimum absolute atomic E-state index is 0.0938. The van der Waals surface area contributed by atoms with Crippen molar-refractivity contribution in [3.63, 3.8) is 0 Å². The van der Waals surface area contributed by atoms with Crippen molar-refractivity contribution in [2.45, 2.75) is 12.8 Å². The minimum Gasteiger partial charge on any atom is -0.481 e. The maximum atomic E-state index is 11.0. The second-order valence-electron chi connectivity index (χ2n) is 3.76. The number of carbonyl (C=O) groups is 1. The van der Waals surface area contributed by atoms with Gasteiger partial charge in [0, 0.05) is 0 Å². The highest BCUT2D eigenvalue weighted by Gasteiger charge is 2.23. The number of nitrogens with zero attached hydrogens (tertiary/aromatic N) is 1. The predicted molar refractivity (Wildman–Crippen MR) is 61.0 cm³/mol. The van der Waals surface area contributed by atoms with Crippen molar-refractivity contribution in [2.24, 2.45) is 0 Å². The second kappa shape index (κ2) is 3.89. The first-order valence-corrected chi connectivity index (χ1v) is 4.99. The molecular formula is C11H10N2O4. The van der Waals surface area contributed by atoms with Crippen LogP contribution >= 0.6 is 0 Å². The Hall–Kier alpha value is -2.37. The number of aromatic amines is 1. The number of nitrogens with one attached hydrogen (secondary N) is 1. The Morgan fingerprint density at radius 2 is 2.24 bits per heavy atom. The predicted octanol–water partition coefficient (Wildman–Crippen LogP) is 2.26. The lowest BCUT2D eigenvalue weighted by atomic mass is 9.97. The van der Waals surface area contributed by atoms with E-state index >= 15 is 0 Å². The fourth-order valence-corrected chi connectivity index (χ4v) is 1.83. The molecule has 0 bridgehead atoms. The first-order valence-electron chi connectivity index (χ1n) is 4.99. The van der Waals surface area contributed by atoms with E-state index in [1.54, 1.807) is 18.2 Å². The van der Waals surface area contributed by atoms with Crippen LogP contribution in [-0.2, 0) is 4.79 Å². The zero-order valence-corrected chi connectivity index (χ0v) is 9.01. The summed E-state index contributed by atoms with van der Waals surface area (Å²) in [6.45, 7) is 1.51. The number of nitro groups is 1. The number of hydrogen-bond acceptors (Lipinski definition) is 3. The van der Waals surface area contributed by atoms with Crippen LogP contribution < -0.4 is 0 Å². The molecule has 0 aliphatic heterocycles. The maximum absolute atomic E-state index is 11.0. The molecule has 1 aromatic carbocycles. The third-order valence-electron chi connectivity index (χ3n) is 2.75. The Morgan fingerprint density at radius 1 is 1.53 bits per heavy atom. The Labute approximate surface area is 96.0 Å². The fourth-order valence-electron chi connectivity index (χ4n) is 1.83. The summed E-state index contributed by atoms with van der Waals surface area (Å²) in [6, 6.07) is 4.96. The van der Waals surface area contributed by atoms with Crippen molar-refractivity contribution < 1.29 is 14.8 Å². The molecule has 0 aliphatic carbocycles. The van der Waals surface area contributed by atoms with Gasteiger partial charge in [0.05, 0.1) is 27.9 Å². The number of benzene rings is 1. The number of carboxylic acids is 1. The third kappa shape index (κ3) is 1.73. The van der Waals surface area contributed by atoms with Crippen molar-refractivity contribution >= 4 is 22.6 Å². The molecule has 6 heteroatoms. The van der Waals surface area contributed by atoms with Crippen molar-refractivity contribution in [3.8, 4) is 0 Å². The van der Waals surface area contributed by atoms with Gasteiger partial charge in [0.1, 0.15) is 0 Å². The van der Waals surface area contributed by atoms with Crippen LogP contribution in [0.3, 0.4) is 0 Å². The van der Waals surface area contributed by atoms with Crippen molar-refractivity contribution in [3.05, 3.63) is 40.1 Å². The molecule has 0 fully saturated rings. The summed E-state index contributed by atoms with van der Waals surface area (Å²) < 4.78 is 0. The van der Waals surface area contributed by atoms with Gasteiger partial charge in [-0.05, 0) is 18.6 Å². The highest BCUT2D eigenvalue weighted by Crippen LogP contribution is 2.32. The SMILES string of the molecule is CC(C(=O)O)c1cccc2[nH]cc([N+](=O)[O-])c12. The topological polar surface area (TPSA) is 96.2 Å². The van der Waals surface area contributed by atoms with Crippen LogP contribution in [0.1, 0.15) is 18.4 Å². The molecule has 0 spiro atoms. The van der Waals surface area contributed by atoms with Crippen LogP contribution in [0.25, 0.3) is 10.9 Å². The van der Waals surface area contributed by atoms with Crippen molar-refractivity contribution in [1.82, 2.24) is 4.98 Å². The van der Waals surface area contributed by atoms with Gasteiger partial charge in [-0.15, -0.1) is 0 Å². The van der Waals surface area contributed by atoms with Gasteiger partial charge in [-0.1, -0.05) is 12.1 Å². The molecule has 88 valence electrons. The summed E-state index contributed by atoms with van der Waals surface area (Å²) in [6.07, 6.45) is 1.28. The Bertz CT molecular complexity index is 603. The van der Waals surface area contributed by atoms with E-state index in [1.165, 1.54) is 13.1 Å². The van der Waals surface area contributed by atoms with Crippen LogP contribution in [0.2, 0.25) is 0 Å². The molecule has 0 amide bonds. The standard InChI is InChI=1S/C11H10N2O4/c1-6(11(14)15)7-3-2-4-8-10(7)9(5-12-8)13(16)17/h2-6,12H,1H3,(H,14,15). The third-order valence-corrected chi connectivity index (χ3v) is 2.75. The van der Waals surface area contributed by atoms with Gasteiger partial charge in [0.15, 0.2) is 0 Å². The Balaban J connectivity index is 2.74. The second-order valence-corrected chi connectivity index (χ2v) is 3.76. The van der Waals surface area contributed by atoms with Gasteiger partial charge in [-0.3, -0.25) is 14.9 Å². The number of rotatable bonds is 3. The summed E-state index contributed by atoms with van der Waals surface area (Å²) in [5, 5.41) is 20.2. The normalized spacial score (nSPS) is 12.5. The number of carboxylic acid groups (broad SMARTS) is 1. The molecule has 6 nitrogen and oxygen atoms in total. The summed E-state index contributed by atoms with van der Waals surface area (Å²) in [5.41, 5.74) is 0.925.